The Kier molecular flexibility index (Phi) is 2.70. The topological polar surface area (TPSA) is 85.2 Å². The van der Waals surface area contributed by atoms with E-state index in [0.717, 1.165) is 30.6 Å². The monoisotopic (exact) mass is 258 g/mol. The summed E-state index contributed by atoms with van der Waals surface area (Å²) in [6.45, 7) is 2.33. The van der Waals surface area contributed by atoms with Crippen molar-refractivity contribution < 1.29 is 9.42 Å². The van der Waals surface area contributed by atoms with E-state index in [4.69, 9.17) is 5.73 Å². The third-order valence-electron chi connectivity index (χ3n) is 3.37. The molecule has 0 spiro atoms. The van der Waals surface area contributed by atoms with Gasteiger partial charge in [-0.25, -0.2) is 4.63 Å². The number of nitrogen functional groups attached to an aromatic ring is 1. The van der Waals surface area contributed by atoms with Crippen LogP contribution in [-0.4, -0.2) is 22.8 Å². The maximum atomic E-state index is 11.7. The highest BCUT2D eigenvalue weighted by Crippen LogP contribution is 2.32. The fourth-order valence-electron chi connectivity index (χ4n) is 2.44. The highest BCUT2D eigenvalue weighted by atomic mass is 16.6. The van der Waals surface area contributed by atoms with Gasteiger partial charge in [0.25, 0.3) is 0 Å². The van der Waals surface area contributed by atoms with E-state index in [1.54, 1.807) is 11.8 Å². The zero-order valence-electron chi connectivity index (χ0n) is 10.6. The van der Waals surface area contributed by atoms with E-state index in [9.17, 15) is 4.79 Å². The number of nitrogens with zero attached hydrogens (tertiary/aromatic N) is 3. The van der Waals surface area contributed by atoms with Gasteiger partial charge in [0.15, 0.2) is 11.5 Å². The van der Waals surface area contributed by atoms with Crippen LogP contribution in [0, 0.1) is 0 Å². The molecule has 1 aromatic heterocycles. The van der Waals surface area contributed by atoms with Gasteiger partial charge in [-0.15, -0.1) is 0 Å². The summed E-state index contributed by atoms with van der Waals surface area (Å²) < 4.78 is 4.61. The molecule has 0 bridgehead atoms. The van der Waals surface area contributed by atoms with Crippen molar-refractivity contribution in [2.24, 2.45) is 0 Å². The second kappa shape index (κ2) is 4.38. The van der Waals surface area contributed by atoms with Crippen molar-refractivity contribution in [3.63, 3.8) is 0 Å². The molecule has 0 fully saturated rings. The molecule has 6 nitrogen and oxygen atoms in total. The first-order chi connectivity index (χ1) is 9.16. The molecule has 6 heteroatoms. The van der Waals surface area contributed by atoms with Crippen LogP contribution in [0.5, 0.6) is 0 Å². The maximum Gasteiger partial charge on any atom is 0.223 e. The Bertz CT molecular complexity index is 635. The third kappa shape index (κ3) is 1.95. The minimum Gasteiger partial charge on any atom is -0.379 e. The summed E-state index contributed by atoms with van der Waals surface area (Å²) in [5, 5.41) is 7.36. The van der Waals surface area contributed by atoms with Gasteiger partial charge < -0.3 is 10.6 Å². The Labute approximate surface area is 110 Å². The first-order valence-electron chi connectivity index (χ1n) is 6.16. The van der Waals surface area contributed by atoms with Crippen molar-refractivity contribution in [2.45, 2.75) is 19.8 Å². The molecule has 98 valence electrons. The van der Waals surface area contributed by atoms with Crippen LogP contribution < -0.4 is 10.6 Å². The smallest absolute Gasteiger partial charge is 0.223 e. The molecule has 19 heavy (non-hydrogen) atoms. The van der Waals surface area contributed by atoms with Gasteiger partial charge in [-0.1, -0.05) is 12.1 Å². The van der Waals surface area contributed by atoms with E-state index in [1.165, 1.54) is 5.56 Å². The minimum absolute atomic E-state index is 0.0457. The van der Waals surface area contributed by atoms with E-state index in [-0.39, 0.29) is 11.7 Å². The van der Waals surface area contributed by atoms with Crippen LogP contribution in [0.15, 0.2) is 22.8 Å². The van der Waals surface area contributed by atoms with Crippen LogP contribution in [0.25, 0.3) is 11.3 Å². The Balaban J connectivity index is 2.09. The SMILES string of the molecule is CC(=O)N1CCCc2ccc(-c3nonc3N)cc21. The zero-order chi connectivity index (χ0) is 13.4. The van der Waals surface area contributed by atoms with Gasteiger partial charge in [0.1, 0.15) is 0 Å². The number of nitrogens with two attached hydrogens (primary N) is 1. The largest absolute Gasteiger partial charge is 0.379 e. The molecule has 2 heterocycles. The molecule has 0 saturated carbocycles. The second-order valence-electron chi connectivity index (χ2n) is 4.62. The Hall–Kier alpha value is -2.37. The molecule has 0 radical (unpaired) electrons. The first-order valence-corrected chi connectivity index (χ1v) is 6.16. The molecule has 0 unspecified atom stereocenters. The van der Waals surface area contributed by atoms with Gasteiger partial charge >= 0.3 is 0 Å². The standard InChI is InChI=1S/C13H14N4O2/c1-8(18)17-6-2-3-9-4-5-10(7-11(9)17)12-13(14)16-19-15-12/h4-5,7H,2-3,6H2,1H3,(H2,14,16). The summed E-state index contributed by atoms with van der Waals surface area (Å²) >= 11 is 0. The Morgan fingerprint density at radius 1 is 1.42 bits per heavy atom. The van der Waals surface area contributed by atoms with Crippen LogP contribution in [-0.2, 0) is 11.2 Å². The van der Waals surface area contributed by atoms with Crippen molar-refractivity contribution in [2.75, 3.05) is 17.2 Å². The number of hydrogen-bond donors (Lipinski definition) is 1. The number of amides is 1. The second-order valence-corrected chi connectivity index (χ2v) is 4.62. The molecular weight excluding hydrogens is 244 g/mol. The van der Waals surface area contributed by atoms with Crippen LogP contribution in [0.3, 0.4) is 0 Å². The quantitative estimate of drug-likeness (QED) is 0.840. The number of fused-ring (bicyclic) bond motifs is 1. The van der Waals surface area contributed by atoms with Crippen molar-refractivity contribution >= 4 is 17.4 Å². The third-order valence-corrected chi connectivity index (χ3v) is 3.37. The van der Waals surface area contributed by atoms with E-state index in [0.29, 0.717) is 5.69 Å². The number of carbonyl (C=O) groups is 1. The maximum absolute atomic E-state index is 11.7. The minimum atomic E-state index is 0.0457. The fraction of sp³-hybridized carbons (Fsp3) is 0.308. The highest BCUT2D eigenvalue weighted by Gasteiger charge is 2.21. The predicted octanol–water partition coefficient (Wildman–Crippen LogP) is 1.62. The number of aryl methyl sites for hydroxylation is 1. The van der Waals surface area contributed by atoms with Crippen molar-refractivity contribution in [3.8, 4) is 11.3 Å². The summed E-state index contributed by atoms with van der Waals surface area (Å²) in [6, 6.07) is 5.86. The number of benzene rings is 1. The van der Waals surface area contributed by atoms with Crippen molar-refractivity contribution in [1.82, 2.24) is 10.3 Å². The molecule has 1 aromatic carbocycles. The van der Waals surface area contributed by atoms with Crippen LogP contribution in [0.4, 0.5) is 11.5 Å². The summed E-state index contributed by atoms with van der Waals surface area (Å²) in [7, 11) is 0. The van der Waals surface area contributed by atoms with Crippen molar-refractivity contribution in [1.29, 1.82) is 0 Å². The van der Waals surface area contributed by atoms with E-state index >= 15 is 0 Å². The number of carbonyl (C=O) groups excluding carboxylic acids is 1. The summed E-state index contributed by atoms with van der Waals surface area (Å²) in [5.41, 5.74) is 9.11. The zero-order valence-corrected chi connectivity index (χ0v) is 10.6. The van der Waals surface area contributed by atoms with Crippen LogP contribution in [0.1, 0.15) is 18.9 Å². The number of rotatable bonds is 1. The lowest BCUT2D eigenvalue weighted by atomic mass is 9.98. The molecule has 2 aromatic rings. The number of hydrogen-bond acceptors (Lipinski definition) is 5. The molecule has 0 aliphatic carbocycles. The van der Waals surface area contributed by atoms with Crippen LogP contribution in [0.2, 0.25) is 0 Å². The van der Waals surface area contributed by atoms with Gasteiger partial charge in [0.05, 0.1) is 0 Å². The molecule has 1 amide bonds. The molecular formula is C13H14N4O2. The van der Waals surface area contributed by atoms with Crippen LogP contribution >= 0.6 is 0 Å². The highest BCUT2D eigenvalue weighted by molar-refractivity contribution is 5.93. The molecule has 0 atom stereocenters. The molecule has 0 saturated heterocycles. The average molecular weight is 258 g/mol. The molecule has 1 aliphatic rings. The van der Waals surface area contributed by atoms with E-state index in [1.807, 2.05) is 18.2 Å². The first kappa shape index (κ1) is 11.7. The fourth-order valence-corrected chi connectivity index (χ4v) is 2.44. The predicted molar refractivity (Wildman–Crippen MR) is 70.5 cm³/mol. The Morgan fingerprint density at radius 3 is 2.95 bits per heavy atom. The normalized spacial score (nSPS) is 14.3. The van der Waals surface area contributed by atoms with Crippen molar-refractivity contribution in [3.05, 3.63) is 23.8 Å². The summed E-state index contributed by atoms with van der Waals surface area (Å²) in [6.07, 6.45) is 1.96. The summed E-state index contributed by atoms with van der Waals surface area (Å²) in [5.74, 6) is 0.300. The number of aromatic nitrogens is 2. The lowest BCUT2D eigenvalue weighted by Gasteiger charge is -2.28. The van der Waals surface area contributed by atoms with E-state index in [2.05, 4.69) is 14.9 Å². The van der Waals surface area contributed by atoms with E-state index < -0.39 is 0 Å². The number of anilines is 2. The van der Waals surface area contributed by atoms with Gasteiger partial charge in [-0.3, -0.25) is 4.79 Å². The van der Waals surface area contributed by atoms with Gasteiger partial charge in [-0.05, 0) is 34.8 Å². The van der Waals surface area contributed by atoms with Gasteiger partial charge in [0, 0.05) is 24.7 Å². The average Bonchev–Trinajstić information content (AvgIpc) is 2.83. The molecule has 3 rings (SSSR count). The Morgan fingerprint density at radius 2 is 2.26 bits per heavy atom. The van der Waals surface area contributed by atoms with Gasteiger partial charge in [0.2, 0.25) is 5.91 Å². The lowest BCUT2D eigenvalue weighted by Crippen LogP contribution is -2.33. The van der Waals surface area contributed by atoms with Gasteiger partial charge in [-0.2, -0.15) is 0 Å². The lowest BCUT2D eigenvalue weighted by molar-refractivity contribution is -0.116. The molecule has 1 aliphatic heterocycles. The molecule has 2 N–H and O–H groups in total. The summed E-state index contributed by atoms with van der Waals surface area (Å²) in [4.78, 5) is 13.5.